The van der Waals surface area contributed by atoms with E-state index in [9.17, 15) is 9.59 Å². The molecule has 84 valence electrons. The highest BCUT2D eigenvalue weighted by Gasteiger charge is 2.19. The van der Waals surface area contributed by atoms with E-state index >= 15 is 0 Å². The van der Waals surface area contributed by atoms with Gasteiger partial charge in [-0.05, 0) is 6.07 Å². The zero-order chi connectivity index (χ0) is 12.0. The molecule has 2 aromatic rings. The van der Waals surface area contributed by atoms with Gasteiger partial charge in [0.1, 0.15) is 10.5 Å². The molecule has 1 heterocycles. The van der Waals surface area contributed by atoms with Crippen LogP contribution in [0, 0.1) is 0 Å². The summed E-state index contributed by atoms with van der Waals surface area (Å²) < 4.78 is 5.68. The number of halogens is 3. The summed E-state index contributed by atoms with van der Waals surface area (Å²) in [5.74, 6) is -1.30. The molecule has 4 nitrogen and oxygen atoms in total. The smallest absolute Gasteiger partial charge is 0.406 e. The predicted molar refractivity (Wildman–Crippen MR) is 61.8 cm³/mol. The Labute approximate surface area is 104 Å². The molecule has 0 saturated heterocycles. The second-order valence-electron chi connectivity index (χ2n) is 3.06. The van der Waals surface area contributed by atoms with Gasteiger partial charge in [0, 0.05) is 6.92 Å². The van der Waals surface area contributed by atoms with Gasteiger partial charge in [-0.1, -0.05) is 34.8 Å². The average molecular weight is 280 g/mol. The van der Waals surface area contributed by atoms with E-state index in [1.54, 1.807) is 0 Å². The molecule has 0 spiro atoms. The Balaban J connectivity index is 3.02. The van der Waals surface area contributed by atoms with E-state index in [1.807, 2.05) is 0 Å². The largest absolute Gasteiger partial charge is 0.426 e. The van der Waals surface area contributed by atoms with Crippen LogP contribution in [0.25, 0.3) is 11.1 Å². The van der Waals surface area contributed by atoms with Gasteiger partial charge in [-0.3, -0.25) is 4.79 Å². The van der Waals surface area contributed by atoms with Gasteiger partial charge in [-0.25, -0.2) is 9.36 Å². The van der Waals surface area contributed by atoms with Gasteiger partial charge in [-0.15, -0.1) is 0 Å². The number of rotatable bonds is 0. The molecule has 0 aliphatic rings. The third-order valence-corrected chi connectivity index (χ3v) is 3.27. The molecule has 0 saturated carbocycles. The number of hydrogen-bond donors (Lipinski definition) is 0. The lowest BCUT2D eigenvalue weighted by Crippen LogP contribution is -2.19. The number of fused-ring (bicyclic) bond motifs is 1. The average Bonchev–Trinajstić information content (AvgIpc) is 2.51. The first-order chi connectivity index (χ1) is 7.43. The Morgan fingerprint density at radius 3 is 2.50 bits per heavy atom. The van der Waals surface area contributed by atoms with Crippen LogP contribution >= 0.6 is 34.8 Å². The van der Waals surface area contributed by atoms with Crippen molar-refractivity contribution in [1.82, 2.24) is 4.57 Å². The molecule has 0 fully saturated rings. The minimum Gasteiger partial charge on any atom is -0.406 e. The number of hydrogen-bond acceptors (Lipinski definition) is 3. The molecule has 0 aliphatic carbocycles. The summed E-state index contributed by atoms with van der Waals surface area (Å²) in [4.78, 5) is 22.6. The Hall–Kier alpha value is -0.970. The van der Waals surface area contributed by atoms with Crippen molar-refractivity contribution in [2.45, 2.75) is 6.92 Å². The van der Waals surface area contributed by atoms with Gasteiger partial charge in [0.2, 0.25) is 5.91 Å². The van der Waals surface area contributed by atoms with E-state index in [1.165, 1.54) is 13.0 Å². The van der Waals surface area contributed by atoms with E-state index in [0.29, 0.717) is 0 Å². The third kappa shape index (κ3) is 1.54. The lowest BCUT2D eigenvalue weighted by atomic mass is 10.3. The molecule has 0 aliphatic heterocycles. The predicted octanol–water partition coefficient (Wildman–Crippen LogP) is 3.21. The van der Waals surface area contributed by atoms with E-state index in [-0.39, 0.29) is 26.2 Å². The van der Waals surface area contributed by atoms with Crippen LogP contribution in [-0.2, 0) is 0 Å². The zero-order valence-electron chi connectivity index (χ0n) is 7.88. The van der Waals surface area contributed by atoms with E-state index in [4.69, 9.17) is 39.2 Å². The van der Waals surface area contributed by atoms with Crippen molar-refractivity contribution in [3.8, 4) is 0 Å². The maximum atomic E-state index is 11.4. The number of carbonyl (C=O) groups is 1. The summed E-state index contributed by atoms with van der Waals surface area (Å²) in [6.07, 6.45) is 0. The highest BCUT2D eigenvalue weighted by Crippen LogP contribution is 2.36. The van der Waals surface area contributed by atoms with Crippen LogP contribution in [0.5, 0.6) is 0 Å². The van der Waals surface area contributed by atoms with Crippen LogP contribution in [0.2, 0.25) is 15.1 Å². The van der Waals surface area contributed by atoms with Gasteiger partial charge in [0.25, 0.3) is 0 Å². The van der Waals surface area contributed by atoms with Crippen LogP contribution in [0.1, 0.15) is 11.7 Å². The van der Waals surface area contributed by atoms with Gasteiger partial charge in [0.05, 0.1) is 10.0 Å². The van der Waals surface area contributed by atoms with Crippen molar-refractivity contribution in [1.29, 1.82) is 0 Å². The molecule has 16 heavy (non-hydrogen) atoms. The van der Waals surface area contributed by atoms with Crippen LogP contribution in [0.3, 0.4) is 0 Å². The molecule has 1 aromatic carbocycles. The molecular weight excluding hydrogens is 276 g/mol. The molecule has 0 amide bonds. The SMILES string of the molecule is CC(=O)n1c(=O)oc2c(Cl)c(Cl)c(Cl)cc21. The van der Waals surface area contributed by atoms with Crippen molar-refractivity contribution in [2.24, 2.45) is 0 Å². The summed E-state index contributed by atoms with van der Waals surface area (Å²) in [6, 6.07) is 1.36. The number of benzene rings is 1. The minimum absolute atomic E-state index is 0.0151. The van der Waals surface area contributed by atoms with Gasteiger partial charge < -0.3 is 4.42 Å². The number of aromatic nitrogens is 1. The lowest BCUT2D eigenvalue weighted by molar-refractivity contribution is 0.0933. The Kier molecular flexibility index (Phi) is 2.74. The summed E-state index contributed by atoms with van der Waals surface area (Å²) in [6.45, 7) is 1.23. The van der Waals surface area contributed by atoms with Crippen molar-refractivity contribution in [2.75, 3.05) is 0 Å². The normalized spacial score (nSPS) is 11.0. The minimum atomic E-state index is -0.817. The lowest BCUT2D eigenvalue weighted by Gasteiger charge is -2.00. The summed E-state index contributed by atoms with van der Waals surface area (Å²) in [5.41, 5.74) is 0.258. The number of nitrogens with zero attached hydrogens (tertiary/aromatic N) is 1. The Bertz CT molecular complexity index is 656. The van der Waals surface area contributed by atoms with Crippen LogP contribution in [0.15, 0.2) is 15.3 Å². The zero-order valence-corrected chi connectivity index (χ0v) is 10.2. The quantitative estimate of drug-likeness (QED) is 0.696. The molecule has 0 unspecified atom stereocenters. The fraction of sp³-hybridized carbons (Fsp3) is 0.111. The Morgan fingerprint density at radius 2 is 1.94 bits per heavy atom. The van der Waals surface area contributed by atoms with Gasteiger partial charge in [0.15, 0.2) is 5.58 Å². The second-order valence-corrected chi connectivity index (χ2v) is 4.22. The fourth-order valence-corrected chi connectivity index (χ4v) is 1.98. The fourth-order valence-electron chi connectivity index (χ4n) is 1.36. The molecule has 0 N–H and O–H groups in total. The first-order valence-corrected chi connectivity index (χ1v) is 5.27. The highest BCUT2D eigenvalue weighted by molar-refractivity contribution is 6.50. The monoisotopic (exact) mass is 279 g/mol. The van der Waals surface area contributed by atoms with Crippen LogP contribution < -0.4 is 5.76 Å². The first-order valence-electron chi connectivity index (χ1n) is 4.13. The molecule has 0 radical (unpaired) electrons. The van der Waals surface area contributed by atoms with Crippen LogP contribution in [0.4, 0.5) is 0 Å². The van der Waals surface area contributed by atoms with Crippen molar-refractivity contribution >= 4 is 51.8 Å². The number of oxazole rings is 1. The van der Waals surface area contributed by atoms with E-state index in [2.05, 4.69) is 0 Å². The maximum Gasteiger partial charge on any atom is 0.426 e. The molecule has 0 bridgehead atoms. The van der Waals surface area contributed by atoms with Crippen molar-refractivity contribution < 1.29 is 9.21 Å². The second kappa shape index (κ2) is 3.80. The summed E-state index contributed by atoms with van der Waals surface area (Å²) in [5, 5.41) is 0.247. The third-order valence-electron chi connectivity index (χ3n) is 2.03. The van der Waals surface area contributed by atoms with Crippen molar-refractivity contribution in [3.63, 3.8) is 0 Å². The topological polar surface area (TPSA) is 52.2 Å². The molecule has 7 heteroatoms. The van der Waals surface area contributed by atoms with E-state index in [0.717, 1.165) is 4.57 Å². The molecule has 2 rings (SSSR count). The Morgan fingerprint density at radius 1 is 1.31 bits per heavy atom. The summed E-state index contributed by atoms with van der Waals surface area (Å²) in [7, 11) is 0. The van der Waals surface area contributed by atoms with Gasteiger partial charge in [-0.2, -0.15) is 0 Å². The van der Waals surface area contributed by atoms with E-state index < -0.39 is 11.7 Å². The highest BCUT2D eigenvalue weighted by atomic mass is 35.5. The summed E-state index contributed by atoms with van der Waals surface area (Å²) >= 11 is 17.4. The molecule has 0 atom stereocenters. The maximum absolute atomic E-state index is 11.4. The van der Waals surface area contributed by atoms with Crippen LogP contribution in [-0.4, -0.2) is 10.5 Å². The standard InChI is InChI=1S/C9H4Cl3NO3/c1-3(14)13-5-2-4(10)6(11)7(12)8(5)16-9(13)15/h2H,1H3. The molecule has 1 aromatic heterocycles. The van der Waals surface area contributed by atoms with Crippen molar-refractivity contribution in [3.05, 3.63) is 31.7 Å². The molecular formula is C9H4Cl3NO3. The van der Waals surface area contributed by atoms with Gasteiger partial charge >= 0.3 is 5.76 Å². The first kappa shape index (κ1) is 11.5. The number of carbonyl (C=O) groups excluding carboxylic acids is 1.